The van der Waals surface area contributed by atoms with Crippen molar-refractivity contribution in [1.82, 2.24) is 19.9 Å². The summed E-state index contributed by atoms with van der Waals surface area (Å²) in [6.07, 6.45) is -3.00. The van der Waals surface area contributed by atoms with E-state index >= 15 is 0 Å². The van der Waals surface area contributed by atoms with Gasteiger partial charge in [0.05, 0.1) is 0 Å². The Morgan fingerprint density at radius 3 is 2.34 bits per heavy atom. The zero-order chi connectivity index (χ0) is 20.6. The maximum absolute atomic E-state index is 13.0. The average molecular weight is 404 g/mol. The molecule has 0 unspecified atom stereocenters. The predicted octanol–water partition coefficient (Wildman–Crippen LogP) is 4.03. The number of benzene rings is 1. The highest BCUT2D eigenvalue weighted by atomic mass is 19.4. The Balaban J connectivity index is 1.48. The van der Waals surface area contributed by atoms with Gasteiger partial charge in [-0.25, -0.2) is 9.37 Å². The molecule has 150 valence electrons. The molecule has 3 N–H and O–H groups in total. The first-order valence-corrected chi connectivity index (χ1v) is 8.86. The predicted molar refractivity (Wildman–Crippen MR) is 98.3 cm³/mol. The van der Waals surface area contributed by atoms with Crippen molar-refractivity contribution in [2.45, 2.75) is 31.0 Å². The Kier molecular flexibility index (Phi) is 4.77. The lowest BCUT2D eigenvalue weighted by Crippen LogP contribution is -2.34. The summed E-state index contributed by atoms with van der Waals surface area (Å²) in [6.45, 7) is 0. The van der Waals surface area contributed by atoms with Gasteiger partial charge in [0.25, 0.3) is 0 Å². The molecule has 1 aliphatic rings. The molecular formula is C19H16F4N6. The monoisotopic (exact) mass is 404 g/mol. The molecule has 1 aliphatic carbocycles. The number of nitrogens with one attached hydrogen (secondary N) is 1. The van der Waals surface area contributed by atoms with Crippen molar-refractivity contribution in [3.63, 3.8) is 0 Å². The molecule has 1 saturated carbocycles. The largest absolute Gasteiger partial charge is 0.433 e. The standard InChI is InChI=1S/C19H16F4N6/c20-12-6-4-10(5-7-12)11-8-13(9-11)25-18-28-16(27-17(24)29-18)14-2-1-3-15(26-14)19(21,22)23/h1-7,11,13H,8-9H2,(H3,24,25,27,28,29). The number of pyridine rings is 1. The summed E-state index contributed by atoms with van der Waals surface area (Å²) in [4.78, 5) is 15.6. The van der Waals surface area contributed by atoms with Crippen LogP contribution in [0.1, 0.15) is 30.0 Å². The fraction of sp³-hybridized carbons (Fsp3) is 0.263. The number of nitrogen functional groups attached to an aromatic ring is 1. The van der Waals surface area contributed by atoms with Crippen LogP contribution in [0.2, 0.25) is 0 Å². The first kappa shape index (κ1) is 19.0. The summed E-state index contributed by atoms with van der Waals surface area (Å²) < 4.78 is 51.7. The molecule has 0 aliphatic heterocycles. The van der Waals surface area contributed by atoms with Crippen molar-refractivity contribution in [1.29, 1.82) is 0 Å². The molecule has 2 heterocycles. The number of aromatic nitrogens is 4. The molecule has 0 bridgehead atoms. The van der Waals surface area contributed by atoms with Crippen molar-refractivity contribution in [3.8, 4) is 11.5 Å². The van der Waals surface area contributed by atoms with Crippen molar-refractivity contribution in [2.75, 3.05) is 11.1 Å². The fourth-order valence-corrected chi connectivity index (χ4v) is 3.21. The first-order valence-electron chi connectivity index (χ1n) is 8.86. The summed E-state index contributed by atoms with van der Waals surface area (Å²) >= 11 is 0. The second-order valence-corrected chi connectivity index (χ2v) is 6.81. The highest BCUT2D eigenvalue weighted by molar-refractivity contribution is 5.53. The lowest BCUT2D eigenvalue weighted by molar-refractivity contribution is -0.141. The van der Waals surface area contributed by atoms with E-state index in [9.17, 15) is 17.6 Å². The highest BCUT2D eigenvalue weighted by Gasteiger charge is 2.33. The topological polar surface area (TPSA) is 89.6 Å². The Morgan fingerprint density at radius 1 is 0.931 bits per heavy atom. The molecule has 1 aromatic carbocycles. The summed E-state index contributed by atoms with van der Waals surface area (Å²) in [5.74, 6) is 0.0249. The van der Waals surface area contributed by atoms with Crippen LogP contribution in [0.25, 0.3) is 11.5 Å². The molecule has 0 spiro atoms. The van der Waals surface area contributed by atoms with E-state index < -0.39 is 11.9 Å². The SMILES string of the molecule is Nc1nc(NC2CC(c3ccc(F)cc3)C2)nc(-c2cccc(C(F)(F)F)n2)n1. The molecule has 0 atom stereocenters. The van der Waals surface area contributed by atoms with Crippen LogP contribution >= 0.6 is 0 Å². The zero-order valence-electron chi connectivity index (χ0n) is 15.0. The third kappa shape index (κ3) is 4.25. The van der Waals surface area contributed by atoms with E-state index in [-0.39, 0.29) is 41.2 Å². The molecule has 0 radical (unpaired) electrons. The van der Waals surface area contributed by atoms with Crippen molar-refractivity contribution in [2.24, 2.45) is 0 Å². The van der Waals surface area contributed by atoms with Gasteiger partial charge in [-0.3, -0.25) is 0 Å². The highest BCUT2D eigenvalue weighted by Crippen LogP contribution is 2.38. The zero-order valence-corrected chi connectivity index (χ0v) is 15.0. The van der Waals surface area contributed by atoms with Gasteiger partial charge >= 0.3 is 6.18 Å². The Morgan fingerprint density at radius 2 is 1.66 bits per heavy atom. The van der Waals surface area contributed by atoms with Crippen LogP contribution in [0.5, 0.6) is 0 Å². The molecule has 4 rings (SSSR count). The van der Waals surface area contributed by atoms with Gasteiger partial charge in [0.15, 0.2) is 5.82 Å². The van der Waals surface area contributed by atoms with Crippen molar-refractivity contribution >= 4 is 11.9 Å². The minimum absolute atomic E-state index is 0.0412. The van der Waals surface area contributed by atoms with Crippen molar-refractivity contribution < 1.29 is 17.6 Å². The molecule has 6 nitrogen and oxygen atoms in total. The van der Waals surface area contributed by atoms with Crippen LogP contribution in [-0.4, -0.2) is 26.0 Å². The summed E-state index contributed by atoms with van der Waals surface area (Å²) in [6, 6.07) is 9.92. The van der Waals surface area contributed by atoms with Gasteiger partial charge in [-0.15, -0.1) is 0 Å². The van der Waals surface area contributed by atoms with Crippen LogP contribution in [0.4, 0.5) is 29.5 Å². The number of alkyl halides is 3. The second kappa shape index (κ2) is 7.26. The summed E-state index contributed by atoms with van der Waals surface area (Å²) in [5, 5.41) is 3.12. The average Bonchev–Trinajstić information content (AvgIpc) is 2.64. The minimum atomic E-state index is -4.57. The van der Waals surface area contributed by atoms with Gasteiger partial charge < -0.3 is 11.1 Å². The maximum atomic E-state index is 13.0. The van der Waals surface area contributed by atoms with Gasteiger partial charge in [0.1, 0.15) is 17.2 Å². The van der Waals surface area contributed by atoms with Crippen LogP contribution in [0.3, 0.4) is 0 Å². The molecule has 3 aromatic rings. The van der Waals surface area contributed by atoms with Crippen LogP contribution in [0, 0.1) is 5.82 Å². The first-order chi connectivity index (χ1) is 13.8. The Labute approximate surface area is 163 Å². The van der Waals surface area contributed by atoms with Gasteiger partial charge in [0.2, 0.25) is 11.9 Å². The van der Waals surface area contributed by atoms with Gasteiger partial charge in [0, 0.05) is 6.04 Å². The summed E-state index contributed by atoms with van der Waals surface area (Å²) in [7, 11) is 0. The molecule has 29 heavy (non-hydrogen) atoms. The Bertz CT molecular complexity index is 1020. The van der Waals surface area contributed by atoms with E-state index in [1.165, 1.54) is 24.3 Å². The lowest BCUT2D eigenvalue weighted by atomic mass is 9.76. The second-order valence-electron chi connectivity index (χ2n) is 6.81. The lowest BCUT2D eigenvalue weighted by Gasteiger charge is -2.36. The van der Waals surface area contributed by atoms with Gasteiger partial charge in [-0.05, 0) is 48.6 Å². The van der Waals surface area contributed by atoms with Crippen LogP contribution < -0.4 is 11.1 Å². The maximum Gasteiger partial charge on any atom is 0.433 e. The number of hydrogen-bond acceptors (Lipinski definition) is 6. The van der Waals surface area contributed by atoms with E-state index in [1.807, 2.05) is 0 Å². The molecular weight excluding hydrogens is 388 g/mol. The van der Waals surface area contributed by atoms with E-state index in [4.69, 9.17) is 5.73 Å². The summed E-state index contributed by atoms with van der Waals surface area (Å²) in [5.41, 5.74) is 5.67. The number of anilines is 2. The Hall–Kier alpha value is -3.30. The van der Waals surface area contributed by atoms with E-state index in [0.29, 0.717) is 0 Å². The normalized spacial score (nSPS) is 18.9. The fourth-order valence-electron chi connectivity index (χ4n) is 3.21. The molecule has 0 saturated heterocycles. The third-order valence-corrected chi connectivity index (χ3v) is 4.73. The quantitative estimate of drug-likeness (QED) is 0.638. The number of nitrogens with two attached hydrogens (primary N) is 1. The van der Waals surface area contributed by atoms with Crippen LogP contribution in [-0.2, 0) is 6.18 Å². The molecule has 0 amide bonds. The number of nitrogens with zero attached hydrogens (tertiary/aromatic N) is 4. The molecule has 1 fully saturated rings. The third-order valence-electron chi connectivity index (χ3n) is 4.73. The van der Waals surface area contributed by atoms with E-state index in [2.05, 4.69) is 25.3 Å². The minimum Gasteiger partial charge on any atom is -0.368 e. The number of rotatable bonds is 4. The smallest absolute Gasteiger partial charge is 0.368 e. The van der Waals surface area contributed by atoms with E-state index in [0.717, 1.165) is 24.5 Å². The molecule has 2 aromatic heterocycles. The van der Waals surface area contributed by atoms with Crippen LogP contribution in [0.15, 0.2) is 42.5 Å². The number of hydrogen-bond donors (Lipinski definition) is 2. The number of halogens is 4. The molecule has 10 heteroatoms. The van der Waals surface area contributed by atoms with Gasteiger partial charge in [-0.2, -0.15) is 28.1 Å². The van der Waals surface area contributed by atoms with E-state index in [1.54, 1.807) is 12.1 Å². The van der Waals surface area contributed by atoms with Crippen molar-refractivity contribution in [3.05, 3.63) is 59.5 Å². The van der Waals surface area contributed by atoms with Gasteiger partial charge in [-0.1, -0.05) is 18.2 Å².